The third-order valence-corrected chi connectivity index (χ3v) is 3.79. The Hall–Kier alpha value is -1.46. The Morgan fingerprint density at radius 1 is 1.10 bits per heavy atom. The lowest BCUT2D eigenvalue weighted by molar-refractivity contribution is 0.406. The van der Waals surface area contributed by atoms with Crippen molar-refractivity contribution in [2.75, 3.05) is 0 Å². The lowest BCUT2D eigenvalue weighted by atomic mass is 10.2. The summed E-state index contributed by atoms with van der Waals surface area (Å²) in [6, 6.07) is 9.91. The maximum Gasteiger partial charge on any atom is 0.198 e. The van der Waals surface area contributed by atoms with Gasteiger partial charge in [0.15, 0.2) is 17.4 Å². The fraction of sp³-hybridized carbons (Fsp3) is 0.250. The molecule has 0 spiro atoms. The van der Waals surface area contributed by atoms with Crippen LogP contribution in [-0.4, -0.2) is 6.04 Å². The second-order valence-corrected chi connectivity index (χ2v) is 6.02. The summed E-state index contributed by atoms with van der Waals surface area (Å²) in [6.45, 7) is 0.469. The van der Waals surface area contributed by atoms with Crippen molar-refractivity contribution in [2.24, 2.45) is 0 Å². The van der Waals surface area contributed by atoms with E-state index in [2.05, 4.69) is 21.2 Å². The molecule has 0 aromatic heterocycles. The van der Waals surface area contributed by atoms with Crippen molar-refractivity contribution in [1.29, 1.82) is 0 Å². The number of hydrogen-bond donors (Lipinski definition) is 1. The van der Waals surface area contributed by atoms with Gasteiger partial charge in [0.1, 0.15) is 5.75 Å². The molecule has 21 heavy (non-hydrogen) atoms. The Kier molecular flexibility index (Phi) is 4.22. The number of nitrogens with one attached hydrogen (secondary N) is 1. The van der Waals surface area contributed by atoms with Crippen LogP contribution in [0.5, 0.6) is 11.5 Å². The molecule has 2 aromatic carbocycles. The van der Waals surface area contributed by atoms with Gasteiger partial charge >= 0.3 is 0 Å². The number of rotatable bonds is 5. The molecule has 3 rings (SSSR count). The Labute approximate surface area is 130 Å². The van der Waals surface area contributed by atoms with Crippen LogP contribution >= 0.6 is 15.9 Å². The van der Waals surface area contributed by atoms with Crippen LogP contribution in [0.25, 0.3) is 0 Å². The van der Waals surface area contributed by atoms with E-state index >= 15 is 0 Å². The maximum absolute atomic E-state index is 14.0. The molecule has 0 bridgehead atoms. The quantitative estimate of drug-likeness (QED) is 0.835. The zero-order valence-corrected chi connectivity index (χ0v) is 12.8. The number of hydrogen-bond acceptors (Lipinski definition) is 2. The standard InChI is InChI=1S/C16H14BrF2NO/c17-11-1-5-13(6-2-11)21-16-14(18)7-10(8-15(16)19)9-20-12-3-4-12/h1-2,5-8,12,20H,3-4,9H2. The van der Waals surface area contributed by atoms with Crippen LogP contribution in [0, 0.1) is 11.6 Å². The monoisotopic (exact) mass is 353 g/mol. The van der Waals surface area contributed by atoms with Gasteiger partial charge < -0.3 is 10.1 Å². The number of ether oxygens (including phenoxy) is 1. The lowest BCUT2D eigenvalue weighted by Gasteiger charge is -2.10. The van der Waals surface area contributed by atoms with E-state index in [1.165, 1.54) is 12.1 Å². The Bertz CT molecular complexity index is 618. The Morgan fingerprint density at radius 3 is 2.29 bits per heavy atom. The number of benzene rings is 2. The smallest absolute Gasteiger partial charge is 0.198 e. The molecule has 0 heterocycles. The molecule has 0 amide bonds. The van der Waals surface area contributed by atoms with Crippen LogP contribution in [0.3, 0.4) is 0 Å². The minimum atomic E-state index is -0.689. The van der Waals surface area contributed by atoms with E-state index in [1.807, 2.05) is 0 Å². The second-order valence-electron chi connectivity index (χ2n) is 5.10. The van der Waals surface area contributed by atoms with E-state index in [1.54, 1.807) is 24.3 Å². The van der Waals surface area contributed by atoms with Gasteiger partial charge in [0.05, 0.1) is 0 Å². The molecule has 110 valence electrons. The van der Waals surface area contributed by atoms with Crippen molar-refractivity contribution in [3.8, 4) is 11.5 Å². The first kappa shape index (κ1) is 14.5. The van der Waals surface area contributed by atoms with Crippen LogP contribution in [0.15, 0.2) is 40.9 Å². The van der Waals surface area contributed by atoms with Crippen molar-refractivity contribution in [1.82, 2.24) is 5.32 Å². The summed E-state index contributed by atoms with van der Waals surface area (Å²) in [5, 5.41) is 3.22. The first-order valence-electron chi connectivity index (χ1n) is 6.76. The topological polar surface area (TPSA) is 21.3 Å². The predicted octanol–water partition coefficient (Wildman–Crippen LogP) is 4.77. The van der Waals surface area contributed by atoms with E-state index in [9.17, 15) is 8.78 Å². The fourth-order valence-corrected chi connectivity index (χ4v) is 2.25. The van der Waals surface area contributed by atoms with Gasteiger partial charge in [-0.25, -0.2) is 8.78 Å². The zero-order valence-electron chi connectivity index (χ0n) is 11.2. The van der Waals surface area contributed by atoms with Gasteiger partial charge in [0, 0.05) is 17.1 Å². The maximum atomic E-state index is 14.0. The van der Waals surface area contributed by atoms with Crippen LogP contribution < -0.4 is 10.1 Å². The molecule has 2 nitrogen and oxygen atoms in total. The summed E-state index contributed by atoms with van der Waals surface area (Å²) in [6.07, 6.45) is 2.27. The van der Waals surface area contributed by atoms with E-state index in [4.69, 9.17) is 4.74 Å². The van der Waals surface area contributed by atoms with Gasteiger partial charge in [-0.1, -0.05) is 15.9 Å². The molecule has 2 aromatic rings. The van der Waals surface area contributed by atoms with Crippen molar-refractivity contribution in [3.05, 3.63) is 58.1 Å². The molecule has 0 unspecified atom stereocenters. The third kappa shape index (κ3) is 3.80. The molecule has 0 radical (unpaired) electrons. The predicted molar refractivity (Wildman–Crippen MR) is 80.4 cm³/mol. The molecular weight excluding hydrogens is 340 g/mol. The van der Waals surface area contributed by atoms with Gasteiger partial charge in [-0.2, -0.15) is 0 Å². The first-order chi connectivity index (χ1) is 10.1. The summed E-state index contributed by atoms with van der Waals surface area (Å²) in [4.78, 5) is 0. The van der Waals surface area contributed by atoms with E-state index < -0.39 is 11.6 Å². The highest BCUT2D eigenvalue weighted by Crippen LogP contribution is 2.29. The molecule has 5 heteroatoms. The zero-order chi connectivity index (χ0) is 14.8. The van der Waals surface area contributed by atoms with E-state index in [-0.39, 0.29) is 5.75 Å². The second kappa shape index (κ2) is 6.12. The summed E-state index contributed by atoms with van der Waals surface area (Å²) in [5.74, 6) is -1.36. The third-order valence-electron chi connectivity index (χ3n) is 3.26. The highest BCUT2D eigenvalue weighted by molar-refractivity contribution is 9.10. The van der Waals surface area contributed by atoms with Crippen LogP contribution in [-0.2, 0) is 6.54 Å². The molecule has 1 fully saturated rings. The summed E-state index contributed by atoms with van der Waals surface area (Å²) < 4.78 is 34.2. The molecule has 0 aliphatic heterocycles. The summed E-state index contributed by atoms with van der Waals surface area (Å²) in [5.41, 5.74) is 0.583. The fourth-order valence-electron chi connectivity index (χ4n) is 1.98. The average molecular weight is 354 g/mol. The molecule has 0 atom stereocenters. The van der Waals surface area contributed by atoms with Crippen molar-refractivity contribution >= 4 is 15.9 Å². The van der Waals surface area contributed by atoms with Crippen LogP contribution in [0.2, 0.25) is 0 Å². The van der Waals surface area contributed by atoms with E-state index in [0.717, 1.165) is 17.3 Å². The Balaban J connectivity index is 1.76. The highest BCUT2D eigenvalue weighted by atomic mass is 79.9. The first-order valence-corrected chi connectivity index (χ1v) is 7.56. The van der Waals surface area contributed by atoms with Gasteiger partial charge in [-0.3, -0.25) is 0 Å². The minimum absolute atomic E-state index is 0.368. The Morgan fingerprint density at radius 2 is 1.71 bits per heavy atom. The summed E-state index contributed by atoms with van der Waals surface area (Å²) >= 11 is 3.29. The molecule has 1 aliphatic rings. The van der Waals surface area contributed by atoms with Crippen molar-refractivity contribution in [3.63, 3.8) is 0 Å². The van der Waals surface area contributed by atoms with Crippen molar-refractivity contribution < 1.29 is 13.5 Å². The van der Waals surface area contributed by atoms with Crippen LogP contribution in [0.1, 0.15) is 18.4 Å². The minimum Gasteiger partial charge on any atom is -0.451 e. The molecule has 1 aliphatic carbocycles. The van der Waals surface area contributed by atoms with Gasteiger partial charge in [-0.15, -0.1) is 0 Å². The van der Waals surface area contributed by atoms with Gasteiger partial charge in [0.2, 0.25) is 0 Å². The largest absolute Gasteiger partial charge is 0.451 e. The normalized spacial score (nSPS) is 14.2. The lowest BCUT2D eigenvalue weighted by Crippen LogP contribution is -2.15. The highest BCUT2D eigenvalue weighted by Gasteiger charge is 2.21. The SMILES string of the molecule is Fc1cc(CNC2CC2)cc(F)c1Oc1ccc(Br)cc1. The average Bonchev–Trinajstić information content (AvgIpc) is 3.27. The molecule has 1 saturated carbocycles. The van der Waals surface area contributed by atoms with Crippen LogP contribution in [0.4, 0.5) is 8.78 Å². The van der Waals surface area contributed by atoms with Gasteiger partial charge in [-0.05, 0) is 54.8 Å². The van der Waals surface area contributed by atoms with E-state index in [0.29, 0.717) is 23.9 Å². The number of halogens is 3. The molecule has 1 N–H and O–H groups in total. The van der Waals surface area contributed by atoms with Crippen molar-refractivity contribution in [2.45, 2.75) is 25.4 Å². The molecule has 0 saturated heterocycles. The molecular formula is C16H14BrF2NO. The van der Waals surface area contributed by atoms with Gasteiger partial charge in [0.25, 0.3) is 0 Å². The summed E-state index contributed by atoms with van der Waals surface area (Å²) in [7, 11) is 0.